The van der Waals surface area contributed by atoms with Crippen LogP contribution in [0.4, 0.5) is 5.69 Å². The first-order valence-corrected chi connectivity index (χ1v) is 9.16. The Labute approximate surface area is 155 Å². The van der Waals surface area contributed by atoms with Crippen LogP contribution in [0, 0.1) is 0 Å². The number of nitrogens with one attached hydrogen (secondary N) is 1. The first-order valence-electron chi connectivity index (χ1n) is 9.16. The molecule has 0 aromatic heterocycles. The zero-order chi connectivity index (χ0) is 17.9. The van der Waals surface area contributed by atoms with Crippen molar-refractivity contribution in [2.24, 2.45) is 0 Å². The summed E-state index contributed by atoms with van der Waals surface area (Å²) in [6, 6.07) is 26.2. The molecule has 26 heavy (non-hydrogen) atoms. The molecule has 3 aromatic carbocycles. The summed E-state index contributed by atoms with van der Waals surface area (Å²) in [5.74, 6) is 0. The average molecular weight is 337 g/mol. The van der Waals surface area contributed by atoms with Gasteiger partial charge in [0.1, 0.15) is 0 Å². The highest BCUT2D eigenvalue weighted by molar-refractivity contribution is 5.98. The SMILES string of the molecule is C/C=C\C=C1\c2cc(-c3ccccc3)cc(-c3ccccc3)c2NC1C. The van der Waals surface area contributed by atoms with Crippen LogP contribution in [0.1, 0.15) is 19.4 Å². The number of rotatable bonds is 3. The predicted octanol–water partition coefficient (Wildman–Crippen LogP) is 6.79. The molecule has 1 unspecified atom stereocenters. The van der Waals surface area contributed by atoms with Gasteiger partial charge < -0.3 is 5.32 Å². The van der Waals surface area contributed by atoms with Crippen molar-refractivity contribution in [3.8, 4) is 22.3 Å². The van der Waals surface area contributed by atoms with Gasteiger partial charge in [-0.25, -0.2) is 0 Å². The zero-order valence-electron chi connectivity index (χ0n) is 15.2. The van der Waals surface area contributed by atoms with Gasteiger partial charge in [0.25, 0.3) is 0 Å². The topological polar surface area (TPSA) is 12.0 Å². The van der Waals surface area contributed by atoms with E-state index in [2.05, 4.69) is 110 Å². The van der Waals surface area contributed by atoms with Crippen LogP contribution in [0.25, 0.3) is 27.8 Å². The Morgan fingerprint density at radius 2 is 1.38 bits per heavy atom. The highest BCUT2D eigenvalue weighted by Crippen LogP contribution is 2.44. The van der Waals surface area contributed by atoms with E-state index in [1.165, 1.54) is 39.1 Å². The molecular weight excluding hydrogens is 314 g/mol. The average Bonchev–Trinajstić information content (AvgIpc) is 3.02. The lowest BCUT2D eigenvalue weighted by Gasteiger charge is -2.13. The standard InChI is InChI=1S/C25H23N/c1-3-4-15-22-18(2)26-25-23(20-13-9-6-10-14-20)16-21(17-24(22)25)19-11-7-5-8-12-19/h3-18,26H,1-2H3/b4-3-,22-15+. The molecule has 1 heteroatoms. The number of fused-ring (bicyclic) bond motifs is 1. The van der Waals surface area contributed by atoms with Crippen molar-refractivity contribution in [1.29, 1.82) is 0 Å². The zero-order valence-corrected chi connectivity index (χ0v) is 15.2. The molecule has 0 radical (unpaired) electrons. The summed E-state index contributed by atoms with van der Waals surface area (Å²) in [6.07, 6.45) is 6.43. The molecule has 1 nitrogen and oxygen atoms in total. The molecule has 1 heterocycles. The Morgan fingerprint density at radius 1 is 0.769 bits per heavy atom. The van der Waals surface area contributed by atoms with Gasteiger partial charge in [-0.05, 0) is 48.2 Å². The molecule has 128 valence electrons. The number of anilines is 1. The van der Waals surface area contributed by atoms with Crippen molar-refractivity contribution in [3.05, 3.63) is 96.6 Å². The minimum absolute atomic E-state index is 0.301. The van der Waals surface area contributed by atoms with Gasteiger partial charge in [0.15, 0.2) is 0 Å². The smallest absolute Gasteiger partial charge is 0.0502 e. The largest absolute Gasteiger partial charge is 0.377 e. The second kappa shape index (κ2) is 7.05. The molecule has 1 atom stereocenters. The van der Waals surface area contributed by atoms with E-state index in [9.17, 15) is 0 Å². The van der Waals surface area contributed by atoms with Crippen LogP contribution >= 0.6 is 0 Å². The van der Waals surface area contributed by atoms with E-state index < -0.39 is 0 Å². The molecule has 1 N–H and O–H groups in total. The molecule has 0 spiro atoms. The summed E-state index contributed by atoms with van der Waals surface area (Å²) in [4.78, 5) is 0. The summed E-state index contributed by atoms with van der Waals surface area (Å²) < 4.78 is 0. The van der Waals surface area contributed by atoms with Crippen LogP contribution in [-0.2, 0) is 0 Å². The summed E-state index contributed by atoms with van der Waals surface area (Å²) in [7, 11) is 0. The van der Waals surface area contributed by atoms with Crippen LogP contribution in [0.5, 0.6) is 0 Å². The summed E-state index contributed by atoms with van der Waals surface area (Å²) in [5, 5.41) is 3.70. The lowest BCUT2D eigenvalue weighted by Crippen LogP contribution is -2.08. The van der Waals surface area contributed by atoms with Crippen molar-refractivity contribution in [2.75, 3.05) is 5.32 Å². The molecule has 0 saturated heterocycles. The van der Waals surface area contributed by atoms with Crippen molar-refractivity contribution in [2.45, 2.75) is 19.9 Å². The van der Waals surface area contributed by atoms with Gasteiger partial charge in [0.2, 0.25) is 0 Å². The predicted molar refractivity (Wildman–Crippen MR) is 113 cm³/mol. The highest BCUT2D eigenvalue weighted by Gasteiger charge is 2.26. The molecule has 0 bridgehead atoms. The quantitative estimate of drug-likeness (QED) is 0.554. The number of benzene rings is 3. The number of hydrogen-bond donors (Lipinski definition) is 1. The minimum atomic E-state index is 0.301. The van der Waals surface area contributed by atoms with E-state index in [0.29, 0.717) is 6.04 Å². The monoisotopic (exact) mass is 337 g/mol. The van der Waals surface area contributed by atoms with E-state index >= 15 is 0 Å². The summed E-state index contributed by atoms with van der Waals surface area (Å²) in [6.45, 7) is 4.28. The summed E-state index contributed by atoms with van der Waals surface area (Å²) >= 11 is 0. The third kappa shape index (κ3) is 2.97. The second-order valence-electron chi connectivity index (χ2n) is 6.69. The highest BCUT2D eigenvalue weighted by atomic mass is 15.0. The molecule has 0 aliphatic carbocycles. The third-order valence-electron chi connectivity index (χ3n) is 4.94. The van der Waals surface area contributed by atoms with Crippen LogP contribution in [0.2, 0.25) is 0 Å². The molecule has 4 rings (SSSR count). The fourth-order valence-electron chi connectivity index (χ4n) is 3.63. The maximum atomic E-state index is 3.70. The van der Waals surface area contributed by atoms with Gasteiger partial charge in [-0.2, -0.15) is 0 Å². The van der Waals surface area contributed by atoms with Crippen molar-refractivity contribution in [1.82, 2.24) is 0 Å². The third-order valence-corrected chi connectivity index (χ3v) is 4.94. The normalized spacial score (nSPS) is 17.5. The van der Waals surface area contributed by atoms with E-state index in [1.807, 2.05) is 0 Å². The Balaban J connectivity index is 1.97. The molecule has 0 fully saturated rings. The van der Waals surface area contributed by atoms with E-state index in [4.69, 9.17) is 0 Å². The molecule has 0 amide bonds. The van der Waals surface area contributed by atoms with E-state index in [1.54, 1.807) is 0 Å². The van der Waals surface area contributed by atoms with Crippen molar-refractivity contribution < 1.29 is 0 Å². The van der Waals surface area contributed by atoms with E-state index in [0.717, 1.165) is 0 Å². The van der Waals surface area contributed by atoms with Gasteiger partial charge in [-0.3, -0.25) is 0 Å². The second-order valence-corrected chi connectivity index (χ2v) is 6.69. The van der Waals surface area contributed by atoms with Gasteiger partial charge in [0, 0.05) is 17.2 Å². The molecule has 1 aliphatic rings. The molecule has 0 saturated carbocycles. The lowest BCUT2D eigenvalue weighted by molar-refractivity contribution is 1.06. The van der Waals surface area contributed by atoms with Gasteiger partial charge in [-0.15, -0.1) is 0 Å². The fraction of sp³-hybridized carbons (Fsp3) is 0.120. The Morgan fingerprint density at radius 3 is 2.04 bits per heavy atom. The lowest BCUT2D eigenvalue weighted by atomic mass is 9.92. The van der Waals surface area contributed by atoms with Crippen LogP contribution in [0.15, 0.2) is 91.0 Å². The van der Waals surface area contributed by atoms with Crippen LogP contribution in [0.3, 0.4) is 0 Å². The summed E-state index contributed by atoms with van der Waals surface area (Å²) in [5.41, 5.74) is 8.89. The van der Waals surface area contributed by atoms with Gasteiger partial charge in [0.05, 0.1) is 5.69 Å². The first-order chi connectivity index (χ1) is 12.8. The fourth-order valence-corrected chi connectivity index (χ4v) is 3.63. The maximum absolute atomic E-state index is 3.70. The van der Waals surface area contributed by atoms with Crippen molar-refractivity contribution in [3.63, 3.8) is 0 Å². The number of hydrogen-bond acceptors (Lipinski definition) is 1. The molecule has 1 aliphatic heterocycles. The maximum Gasteiger partial charge on any atom is 0.0502 e. The van der Waals surface area contributed by atoms with Gasteiger partial charge in [-0.1, -0.05) is 78.9 Å². The van der Waals surface area contributed by atoms with Gasteiger partial charge >= 0.3 is 0 Å². The first kappa shape index (κ1) is 16.4. The Bertz CT molecular complexity index is 966. The van der Waals surface area contributed by atoms with Crippen LogP contribution < -0.4 is 5.32 Å². The van der Waals surface area contributed by atoms with E-state index in [-0.39, 0.29) is 0 Å². The Kier molecular flexibility index (Phi) is 4.45. The minimum Gasteiger partial charge on any atom is -0.377 e. The van der Waals surface area contributed by atoms with Crippen molar-refractivity contribution >= 4 is 11.3 Å². The number of allylic oxidation sites excluding steroid dienone is 3. The molecule has 3 aromatic rings. The van der Waals surface area contributed by atoms with Crippen LogP contribution in [-0.4, -0.2) is 6.04 Å². The Hall–Kier alpha value is -3.06. The molecular formula is C25H23N.